The van der Waals surface area contributed by atoms with Crippen LogP contribution in [-0.2, 0) is 4.79 Å². The maximum absolute atomic E-state index is 11.7. The lowest BCUT2D eigenvalue weighted by atomic mass is 9.80. The van der Waals surface area contributed by atoms with E-state index in [2.05, 4.69) is 13.8 Å². The molecular weight excluding hydrogens is 232 g/mol. The number of carbonyl (C=O) groups is 1. The molecule has 0 saturated carbocycles. The number of hydrogen-bond acceptors (Lipinski definition) is 3. The zero-order chi connectivity index (χ0) is 10.8. The highest BCUT2D eigenvalue weighted by Gasteiger charge is 2.34. The quantitative estimate of drug-likeness (QED) is 0.807. The van der Waals surface area contributed by atoms with Crippen LogP contribution in [0.3, 0.4) is 0 Å². The van der Waals surface area contributed by atoms with Crippen LogP contribution >= 0.6 is 24.2 Å². The Morgan fingerprint density at radius 2 is 2.20 bits per heavy atom. The van der Waals surface area contributed by atoms with Crippen LogP contribution in [-0.4, -0.2) is 41.9 Å². The molecule has 1 amide bonds. The number of carbonyl (C=O) groups excluding carboxylic acids is 1. The molecule has 1 atom stereocenters. The molecule has 90 valence electrons. The van der Waals surface area contributed by atoms with Gasteiger partial charge in [-0.2, -0.15) is 11.8 Å². The smallest absolute Gasteiger partial charge is 0.232 e. The van der Waals surface area contributed by atoms with Crippen molar-refractivity contribution in [3.05, 3.63) is 0 Å². The van der Waals surface area contributed by atoms with Gasteiger partial charge in [-0.1, -0.05) is 13.8 Å². The largest absolute Gasteiger partial charge is 0.341 e. The number of likely N-dealkylation sites (tertiary alicyclic amines) is 1. The first-order valence-electron chi connectivity index (χ1n) is 4.99. The van der Waals surface area contributed by atoms with Gasteiger partial charge in [0.1, 0.15) is 0 Å². The minimum Gasteiger partial charge on any atom is -0.341 e. The fraction of sp³-hybridized carbons (Fsp3) is 0.900. The molecule has 0 aromatic heterocycles. The average Bonchev–Trinajstić information content (AvgIpc) is 2.10. The van der Waals surface area contributed by atoms with E-state index in [4.69, 9.17) is 5.73 Å². The Kier molecular flexibility index (Phi) is 5.99. The second-order valence-electron chi connectivity index (χ2n) is 4.63. The van der Waals surface area contributed by atoms with Crippen LogP contribution in [0.1, 0.15) is 20.3 Å². The van der Waals surface area contributed by atoms with E-state index in [-0.39, 0.29) is 29.8 Å². The normalized spacial score (nSPS) is 24.5. The van der Waals surface area contributed by atoms with Crippen molar-refractivity contribution in [3.63, 3.8) is 0 Å². The summed E-state index contributed by atoms with van der Waals surface area (Å²) in [5.41, 5.74) is 6.07. The number of nitrogens with two attached hydrogens (primary N) is 1. The molecule has 1 fully saturated rings. The fourth-order valence-corrected chi connectivity index (χ4v) is 2.23. The Hall–Kier alpha value is 0.0700. The fourth-order valence-electron chi connectivity index (χ4n) is 1.80. The number of amides is 1. The van der Waals surface area contributed by atoms with Crippen molar-refractivity contribution in [1.82, 2.24) is 4.90 Å². The van der Waals surface area contributed by atoms with E-state index < -0.39 is 0 Å². The highest BCUT2D eigenvalue weighted by Crippen LogP contribution is 2.27. The van der Waals surface area contributed by atoms with Crippen LogP contribution in [0.2, 0.25) is 0 Å². The van der Waals surface area contributed by atoms with Gasteiger partial charge >= 0.3 is 0 Å². The summed E-state index contributed by atoms with van der Waals surface area (Å²) in [4.78, 5) is 13.6. The van der Waals surface area contributed by atoms with Crippen molar-refractivity contribution in [2.24, 2.45) is 11.1 Å². The van der Waals surface area contributed by atoms with Crippen molar-refractivity contribution < 1.29 is 4.79 Å². The third kappa shape index (κ3) is 3.85. The first-order chi connectivity index (χ1) is 6.47. The van der Waals surface area contributed by atoms with E-state index in [1.54, 1.807) is 11.8 Å². The Balaban J connectivity index is 0.00000196. The average molecular weight is 253 g/mol. The van der Waals surface area contributed by atoms with Crippen LogP contribution in [0.25, 0.3) is 0 Å². The topological polar surface area (TPSA) is 46.3 Å². The summed E-state index contributed by atoms with van der Waals surface area (Å²) in [5.74, 6) is 0.836. The highest BCUT2D eigenvalue weighted by molar-refractivity contribution is 7.99. The summed E-state index contributed by atoms with van der Waals surface area (Å²) in [7, 11) is 0. The Labute approximate surface area is 103 Å². The zero-order valence-corrected chi connectivity index (χ0v) is 11.3. The van der Waals surface area contributed by atoms with E-state index in [0.717, 1.165) is 19.5 Å². The third-order valence-electron chi connectivity index (χ3n) is 2.93. The van der Waals surface area contributed by atoms with Gasteiger partial charge in [0.25, 0.3) is 0 Å². The van der Waals surface area contributed by atoms with Crippen molar-refractivity contribution in [3.8, 4) is 0 Å². The van der Waals surface area contributed by atoms with E-state index in [1.807, 2.05) is 11.2 Å². The minimum absolute atomic E-state index is 0. The number of nitrogens with zero attached hydrogens (tertiary/aromatic N) is 1. The third-order valence-corrected chi connectivity index (χ3v) is 3.47. The summed E-state index contributed by atoms with van der Waals surface area (Å²) in [6.07, 6.45) is 2.88. The first-order valence-corrected chi connectivity index (χ1v) is 6.39. The lowest BCUT2D eigenvalue weighted by Gasteiger charge is -2.42. The number of rotatable bonds is 2. The lowest BCUT2D eigenvalue weighted by molar-refractivity contribution is -0.131. The molecule has 0 aliphatic carbocycles. The molecule has 5 heteroatoms. The van der Waals surface area contributed by atoms with Gasteiger partial charge in [0.05, 0.1) is 5.75 Å². The van der Waals surface area contributed by atoms with E-state index in [0.29, 0.717) is 5.75 Å². The molecule has 1 rings (SSSR count). The molecule has 2 N–H and O–H groups in total. The second kappa shape index (κ2) is 5.97. The maximum Gasteiger partial charge on any atom is 0.232 e. The van der Waals surface area contributed by atoms with Gasteiger partial charge in [-0.3, -0.25) is 4.79 Å². The molecule has 1 aliphatic rings. The van der Waals surface area contributed by atoms with Crippen molar-refractivity contribution in [2.75, 3.05) is 25.1 Å². The minimum atomic E-state index is 0. The Morgan fingerprint density at radius 3 is 2.67 bits per heavy atom. The van der Waals surface area contributed by atoms with Crippen molar-refractivity contribution in [2.45, 2.75) is 26.3 Å². The van der Waals surface area contributed by atoms with Gasteiger partial charge in [0, 0.05) is 19.1 Å². The molecule has 1 aliphatic heterocycles. The lowest BCUT2D eigenvalue weighted by Crippen LogP contribution is -2.54. The van der Waals surface area contributed by atoms with Crippen molar-refractivity contribution in [1.29, 1.82) is 0 Å². The molecule has 1 unspecified atom stereocenters. The summed E-state index contributed by atoms with van der Waals surface area (Å²) >= 11 is 1.58. The number of thioether (sulfide) groups is 1. The summed E-state index contributed by atoms with van der Waals surface area (Å²) in [6.45, 7) is 5.89. The molecule has 3 nitrogen and oxygen atoms in total. The molecule has 0 aromatic rings. The molecule has 0 bridgehead atoms. The van der Waals surface area contributed by atoms with E-state index >= 15 is 0 Å². The predicted molar refractivity (Wildman–Crippen MR) is 68.6 cm³/mol. The Bertz CT molecular complexity index is 223. The van der Waals surface area contributed by atoms with E-state index in [1.165, 1.54) is 0 Å². The van der Waals surface area contributed by atoms with Gasteiger partial charge in [0.2, 0.25) is 5.91 Å². The molecule has 0 spiro atoms. The van der Waals surface area contributed by atoms with Crippen molar-refractivity contribution >= 4 is 30.1 Å². The molecular formula is C10H21ClN2OS. The summed E-state index contributed by atoms with van der Waals surface area (Å²) in [5, 5.41) is 0. The molecule has 0 aromatic carbocycles. The monoisotopic (exact) mass is 252 g/mol. The second-order valence-corrected chi connectivity index (χ2v) is 5.50. The van der Waals surface area contributed by atoms with Crippen LogP contribution in [0.4, 0.5) is 0 Å². The van der Waals surface area contributed by atoms with Crippen LogP contribution < -0.4 is 5.73 Å². The van der Waals surface area contributed by atoms with Gasteiger partial charge < -0.3 is 10.6 Å². The number of hydrogen-bond donors (Lipinski definition) is 1. The summed E-state index contributed by atoms with van der Waals surface area (Å²) in [6, 6.07) is 0.223. The van der Waals surface area contributed by atoms with Gasteiger partial charge in [-0.25, -0.2) is 0 Å². The van der Waals surface area contributed by atoms with E-state index in [9.17, 15) is 4.79 Å². The van der Waals surface area contributed by atoms with Crippen LogP contribution in [0.5, 0.6) is 0 Å². The van der Waals surface area contributed by atoms with Gasteiger partial charge in [-0.05, 0) is 18.1 Å². The Morgan fingerprint density at radius 1 is 1.60 bits per heavy atom. The molecule has 15 heavy (non-hydrogen) atoms. The molecule has 1 heterocycles. The number of piperidine rings is 1. The SMILES string of the molecule is CSCC(=O)N1CCC(N)C(C)(C)C1.Cl. The van der Waals surface area contributed by atoms with Gasteiger partial charge in [0.15, 0.2) is 0 Å². The predicted octanol–water partition coefficient (Wildman–Crippen LogP) is 1.36. The van der Waals surface area contributed by atoms with Crippen LogP contribution in [0, 0.1) is 5.41 Å². The summed E-state index contributed by atoms with van der Waals surface area (Å²) < 4.78 is 0. The molecule has 1 saturated heterocycles. The number of halogens is 1. The van der Waals surface area contributed by atoms with Crippen LogP contribution in [0.15, 0.2) is 0 Å². The maximum atomic E-state index is 11.7. The zero-order valence-electron chi connectivity index (χ0n) is 9.66. The standard InChI is InChI=1S/C10H20N2OS.ClH/c1-10(2)7-12(5-4-8(10)11)9(13)6-14-3;/h8H,4-7,11H2,1-3H3;1H. The molecule has 0 radical (unpaired) electrons. The highest BCUT2D eigenvalue weighted by atomic mass is 35.5. The van der Waals surface area contributed by atoms with Gasteiger partial charge in [-0.15, -0.1) is 12.4 Å². The first kappa shape index (κ1) is 15.1.